The Balaban J connectivity index is 1.64. The molecule has 108 valence electrons. The molecular formula is C12H20N2O4S. The number of thioether (sulfide) groups is 1. The fraction of sp³-hybridized carbons (Fsp3) is 0.917. The summed E-state index contributed by atoms with van der Waals surface area (Å²) in [5.74, 6) is 0.743. The number of aliphatic hydroxyl groups excluding tert-OH is 3. The minimum Gasteiger partial charge on any atom is -0.391 e. The second kappa shape index (κ2) is 5.21. The third-order valence-corrected chi connectivity index (χ3v) is 4.91. The first kappa shape index (κ1) is 13.6. The van der Waals surface area contributed by atoms with Crippen molar-refractivity contribution < 1.29 is 20.1 Å². The molecule has 1 saturated carbocycles. The van der Waals surface area contributed by atoms with Crippen molar-refractivity contribution in [2.45, 2.75) is 55.7 Å². The van der Waals surface area contributed by atoms with E-state index in [9.17, 15) is 15.3 Å². The molecule has 3 aliphatic rings. The zero-order valence-electron chi connectivity index (χ0n) is 10.8. The SMILES string of the molecule is C[C@H](O)C1O[C@@H]2SC(NCC3CC3)=N[C@@H]2[C@@H](O)[C@@H]1O. The molecule has 3 rings (SSSR count). The first-order valence-corrected chi connectivity index (χ1v) is 7.62. The van der Waals surface area contributed by atoms with Gasteiger partial charge in [0, 0.05) is 6.54 Å². The Bertz CT molecular complexity index is 375. The van der Waals surface area contributed by atoms with Gasteiger partial charge in [0.25, 0.3) is 0 Å². The Morgan fingerprint density at radius 1 is 1.42 bits per heavy atom. The van der Waals surface area contributed by atoms with Crippen molar-refractivity contribution in [3.05, 3.63) is 0 Å². The highest BCUT2D eigenvalue weighted by atomic mass is 32.2. The number of ether oxygens (including phenoxy) is 1. The molecule has 6 nitrogen and oxygen atoms in total. The highest BCUT2D eigenvalue weighted by Gasteiger charge is 2.49. The van der Waals surface area contributed by atoms with Gasteiger partial charge in [-0.25, -0.2) is 0 Å². The van der Waals surface area contributed by atoms with Crippen LogP contribution in [0, 0.1) is 5.92 Å². The summed E-state index contributed by atoms with van der Waals surface area (Å²) in [5.41, 5.74) is -0.334. The second-order valence-corrected chi connectivity index (χ2v) is 6.64. The lowest BCUT2D eigenvalue weighted by Crippen LogP contribution is -2.57. The zero-order chi connectivity index (χ0) is 13.6. The minimum absolute atomic E-state index is 0.334. The van der Waals surface area contributed by atoms with Crippen molar-refractivity contribution in [3.63, 3.8) is 0 Å². The summed E-state index contributed by atoms with van der Waals surface area (Å²) in [6, 6.07) is -0.461. The number of rotatable bonds is 3. The maximum Gasteiger partial charge on any atom is 0.159 e. The van der Waals surface area contributed by atoms with Gasteiger partial charge < -0.3 is 25.4 Å². The molecule has 1 saturated heterocycles. The highest BCUT2D eigenvalue weighted by molar-refractivity contribution is 8.14. The number of aliphatic imine (C=N–C) groups is 1. The van der Waals surface area contributed by atoms with Crippen molar-refractivity contribution >= 4 is 16.9 Å². The van der Waals surface area contributed by atoms with Crippen molar-refractivity contribution in [1.29, 1.82) is 0 Å². The van der Waals surface area contributed by atoms with Crippen LogP contribution in [0.4, 0.5) is 0 Å². The number of aliphatic hydroxyl groups is 3. The Morgan fingerprint density at radius 2 is 2.16 bits per heavy atom. The fourth-order valence-electron chi connectivity index (χ4n) is 2.42. The normalized spacial score (nSPS) is 43.6. The Morgan fingerprint density at radius 3 is 2.79 bits per heavy atom. The number of hydrogen-bond donors (Lipinski definition) is 4. The molecule has 1 unspecified atom stereocenters. The van der Waals surface area contributed by atoms with Gasteiger partial charge in [0.05, 0.1) is 6.10 Å². The average molecular weight is 288 g/mol. The molecule has 1 aliphatic carbocycles. The lowest BCUT2D eigenvalue weighted by atomic mass is 9.95. The van der Waals surface area contributed by atoms with Gasteiger partial charge in [-0.3, -0.25) is 4.99 Å². The van der Waals surface area contributed by atoms with Gasteiger partial charge in [-0.05, 0) is 25.7 Å². The number of nitrogens with one attached hydrogen (secondary N) is 1. The summed E-state index contributed by atoms with van der Waals surface area (Å²) in [4.78, 5) is 4.39. The van der Waals surface area contributed by atoms with E-state index in [1.165, 1.54) is 24.6 Å². The van der Waals surface area contributed by atoms with Crippen molar-refractivity contribution in [2.75, 3.05) is 6.54 Å². The first-order valence-electron chi connectivity index (χ1n) is 6.74. The van der Waals surface area contributed by atoms with Crippen LogP contribution < -0.4 is 5.32 Å². The largest absolute Gasteiger partial charge is 0.391 e. The molecule has 0 amide bonds. The molecule has 0 spiro atoms. The van der Waals surface area contributed by atoms with Gasteiger partial charge in [0.2, 0.25) is 0 Å². The van der Waals surface area contributed by atoms with E-state index in [0.29, 0.717) is 0 Å². The average Bonchev–Trinajstić information content (AvgIpc) is 3.10. The molecule has 2 aliphatic heterocycles. The molecule has 0 radical (unpaired) electrons. The molecule has 0 aromatic heterocycles. The van der Waals surface area contributed by atoms with E-state index in [0.717, 1.165) is 17.6 Å². The van der Waals surface area contributed by atoms with Gasteiger partial charge >= 0.3 is 0 Å². The van der Waals surface area contributed by atoms with Crippen LogP contribution in [0.5, 0.6) is 0 Å². The Kier molecular flexibility index (Phi) is 3.74. The monoisotopic (exact) mass is 288 g/mol. The number of nitrogens with zero attached hydrogens (tertiary/aromatic N) is 1. The summed E-state index contributed by atoms with van der Waals surface area (Å²) in [7, 11) is 0. The van der Waals surface area contributed by atoms with Crippen molar-refractivity contribution in [3.8, 4) is 0 Å². The quantitative estimate of drug-likeness (QED) is 0.548. The number of hydrogen-bond acceptors (Lipinski definition) is 7. The molecule has 19 heavy (non-hydrogen) atoms. The smallest absolute Gasteiger partial charge is 0.159 e. The summed E-state index contributed by atoms with van der Waals surface area (Å²) < 4.78 is 5.66. The molecule has 2 heterocycles. The van der Waals surface area contributed by atoms with E-state index in [1.807, 2.05) is 0 Å². The highest BCUT2D eigenvalue weighted by Crippen LogP contribution is 2.37. The van der Waals surface area contributed by atoms with Gasteiger partial charge in [0.15, 0.2) is 5.17 Å². The van der Waals surface area contributed by atoms with Crippen LogP contribution in [0.25, 0.3) is 0 Å². The third-order valence-electron chi connectivity index (χ3n) is 3.81. The van der Waals surface area contributed by atoms with Crippen LogP contribution in [0.15, 0.2) is 4.99 Å². The maximum absolute atomic E-state index is 10.1. The van der Waals surface area contributed by atoms with Crippen molar-refractivity contribution in [2.24, 2.45) is 10.9 Å². The fourth-order valence-corrected chi connectivity index (χ4v) is 3.54. The van der Waals surface area contributed by atoms with Gasteiger partial charge in [-0.1, -0.05) is 11.8 Å². The van der Waals surface area contributed by atoms with Crippen LogP contribution in [0.3, 0.4) is 0 Å². The molecule has 0 aromatic rings. The van der Waals surface area contributed by atoms with Crippen LogP contribution in [0.2, 0.25) is 0 Å². The van der Waals surface area contributed by atoms with E-state index < -0.39 is 30.5 Å². The number of fused-ring (bicyclic) bond motifs is 1. The van der Waals surface area contributed by atoms with Crippen LogP contribution in [-0.2, 0) is 4.74 Å². The van der Waals surface area contributed by atoms with E-state index in [2.05, 4.69) is 10.3 Å². The molecule has 7 heteroatoms. The molecule has 4 N–H and O–H groups in total. The van der Waals surface area contributed by atoms with Crippen LogP contribution in [0.1, 0.15) is 19.8 Å². The van der Waals surface area contributed by atoms with Crippen molar-refractivity contribution in [1.82, 2.24) is 5.32 Å². The Labute approximate surface area is 116 Å². The van der Waals surface area contributed by atoms with Gasteiger partial charge in [-0.15, -0.1) is 0 Å². The lowest BCUT2D eigenvalue weighted by Gasteiger charge is -2.39. The van der Waals surface area contributed by atoms with E-state index in [1.54, 1.807) is 6.92 Å². The van der Waals surface area contributed by atoms with E-state index in [-0.39, 0.29) is 5.44 Å². The standard InChI is InChI=1S/C12H20N2O4S/c1-5(15)10-9(17)8(16)7-11(18-10)19-12(14-7)13-4-6-2-3-6/h5-11,15-17H,2-4H2,1H3,(H,13,14)/t5-,7+,8+,9-,10?,11+/m0/s1. The van der Waals surface area contributed by atoms with Crippen LogP contribution in [-0.4, -0.2) is 62.9 Å². The summed E-state index contributed by atoms with van der Waals surface area (Å²) in [5, 5.41) is 33.6. The molecule has 0 aromatic carbocycles. The second-order valence-electron chi connectivity index (χ2n) is 5.56. The summed E-state index contributed by atoms with van der Waals surface area (Å²) >= 11 is 1.43. The zero-order valence-corrected chi connectivity index (χ0v) is 11.6. The first-order chi connectivity index (χ1) is 9.06. The Hall–Kier alpha value is -0.340. The minimum atomic E-state index is -1.10. The van der Waals surface area contributed by atoms with Crippen LogP contribution >= 0.6 is 11.8 Å². The van der Waals surface area contributed by atoms with E-state index in [4.69, 9.17) is 4.74 Å². The maximum atomic E-state index is 10.1. The summed E-state index contributed by atoms with van der Waals surface area (Å²) in [6.07, 6.45) is -1.16. The van der Waals surface area contributed by atoms with E-state index >= 15 is 0 Å². The van der Waals surface area contributed by atoms with Gasteiger partial charge in [0.1, 0.15) is 29.8 Å². The molecular weight excluding hydrogens is 268 g/mol. The van der Waals surface area contributed by atoms with Gasteiger partial charge in [-0.2, -0.15) is 0 Å². The molecule has 2 fully saturated rings. The third kappa shape index (κ3) is 2.75. The number of amidine groups is 1. The molecule has 6 atom stereocenters. The topological polar surface area (TPSA) is 94.3 Å². The molecule has 0 bridgehead atoms. The predicted octanol–water partition coefficient (Wildman–Crippen LogP) is -0.715. The summed E-state index contributed by atoms with van der Waals surface area (Å²) in [6.45, 7) is 2.46. The lowest BCUT2D eigenvalue weighted by molar-refractivity contribution is -0.181. The predicted molar refractivity (Wildman–Crippen MR) is 71.9 cm³/mol.